The van der Waals surface area contributed by atoms with E-state index in [1.54, 1.807) is 23.1 Å². The first-order valence-electron chi connectivity index (χ1n) is 10.5. The van der Waals surface area contributed by atoms with Gasteiger partial charge in [0.1, 0.15) is 10.6 Å². The van der Waals surface area contributed by atoms with Crippen molar-refractivity contribution in [2.24, 2.45) is 0 Å². The highest BCUT2D eigenvalue weighted by Gasteiger charge is 2.27. The van der Waals surface area contributed by atoms with Gasteiger partial charge in [-0.05, 0) is 68.7 Å². The van der Waals surface area contributed by atoms with Crippen molar-refractivity contribution in [3.63, 3.8) is 0 Å². The highest BCUT2D eigenvalue weighted by atomic mass is 32.2. The van der Waals surface area contributed by atoms with Crippen LogP contribution in [0.4, 0.5) is 11.4 Å². The molecular formula is C25H26N2O4S. The van der Waals surface area contributed by atoms with Crippen molar-refractivity contribution < 1.29 is 17.9 Å². The Labute approximate surface area is 188 Å². The Morgan fingerprint density at radius 3 is 2.41 bits per heavy atom. The third-order valence-electron chi connectivity index (χ3n) is 5.60. The third kappa shape index (κ3) is 4.34. The SMILES string of the molecule is COc1ccc(C(=O)N2CCCc3cc(C)ccc32)cc1S(=O)(=O)Nc1ccc(C)cc1. The van der Waals surface area contributed by atoms with E-state index in [1.807, 2.05) is 38.1 Å². The highest BCUT2D eigenvalue weighted by molar-refractivity contribution is 7.92. The van der Waals surface area contributed by atoms with Gasteiger partial charge in [-0.15, -0.1) is 0 Å². The minimum Gasteiger partial charge on any atom is -0.495 e. The molecule has 0 saturated carbocycles. The molecule has 0 atom stereocenters. The van der Waals surface area contributed by atoms with Crippen molar-refractivity contribution in [2.45, 2.75) is 31.6 Å². The maximum atomic E-state index is 13.4. The highest BCUT2D eigenvalue weighted by Crippen LogP contribution is 2.32. The molecule has 1 aliphatic heterocycles. The second kappa shape index (κ2) is 8.67. The van der Waals surface area contributed by atoms with Crippen LogP contribution in [0.1, 0.15) is 33.5 Å². The Balaban J connectivity index is 1.69. The van der Waals surface area contributed by atoms with Gasteiger partial charge in [0.25, 0.3) is 15.9 Å². The minimum atomic E-state index is -3.97. The summed E-state index contributed by atoms with van der Waals surface area (Å²) >= 11 is 0. The summed E-state index contributed by atoms with van der Waals surface area (Å²) in [6, 6.07) is 17.6. The number of hydrogen-bond donors (Lipinski definition) is 1. The van der Waals surface area contributed by atoms with Crippen molar-refractivity contribution in [1.29, 1.82) is 0 Å². The molecule has 0 saturated heterocycles. The Morgan fingerprint density at radius 2 is 1.69 bits per heavy atom. The fourth-order valence-corrected chi connectivity index (χ4v) is 5.20. The zero-order valence-corrected chi connectivity index (χ0v) is 19.2. The van der Waals surface area contributed by atoms with Crippen molar-refractivity contribution in [1.82, 2.24) is 0 Å². The quantitative estimate of drug-likeness (QED) is 0.611. The lowest BCUT2D eigenvalue weighted by Gasteiger charge is -2.30. The summed E-state index contributed by atoms with van der Waals surface area (Å²) in [6.45, 7) is 4.55. The topological polar surface area (TPSA) is 75.7 Å². The molecule has 0 aliphatic carbocycles. The van der Waals surface area contributed by atoms with Crippen LogP contribution in [0.25, 0.3) is 0 Å². The number of carbonyl (C=O) groups is 1. The maximum absolute atomic E-state index is 13.4. The number of benzene rings is 3. The van der Waals surface area contributed by atoms with Crippen LogP contribution in [0.3, 0.4) is 0 Å². The van der Waals surface area contributed by atoms with E-state index in [1.165, 1.54) is 19.2 Å². The Kier molecular flexibility index (Phi) is 5.93. The molecule has 1 aliphatic rings. The van der Waals surface area contributed by atoms with Crippen LogP contribution in [-0.4, -0.2) is 28.0 Å². The number of aryl methyl sites for hydroxylation is 3. The normalized spacial score (nSPS) is 13.4. The first kappa shape index (κ1) is 21.9. The summed E-state index contributed by atoms with van der Waals surface area (Å²) in [5.41, 5.74) is 4.92. The number of nitrogens with one attached hydrogen (secondary N) is 1. The maximum Gasteiger partial charge on any atom is 0.265 e. The molecule has 0 radical (unpaired) electrons. The average molecular weight is 451 g/mol. The monoisotopic (exact) mass is 450 g/mol. The van der Waals surface area contributed by atoms with E-state index in [9.17, 15) is 13.2 Å². The van der Waals surface area contributed by atoms with Gasteiger partial charge in [-0.2, -0.15) is 0 Å². The van der Waals surface area contributed by atoms with Gasteiger partial charge in [-0.1, -0.05) is 35.4 Å². The number of methoxy groups -OCH3 is 1. The van der Waals surface area contributed by atoms with Crippen LogP contribution < -0.4 is 14.4 Å². The van der Waals surface area contributed by atoms with E-state index < -0.39 is 10.0 Å². The van der Waals surface area contributed by atoms with Gasteiger partial charge >= 0.3 is 0 Å². The van der Waals surface area contributed by atoms with Crippen molar-refractivity contribution >= 4 is 27.3 Å². The Morgan fingerprint density at radius 1 is 0.969 bits per heavy atom. The first-order valence-corrected chi connectivity index (χ1v) is 12.0. The van der Waals surface area contributed by atoms with Crippen LogP contribution in [-0.2, 0) is 16.4 Å². The lowest BCUT2D eigenvalue weighted by atomic mass is 9.99. The Bertz CT molecular complexity index is 1270. The van der Waals surface area contributed by atoms with E-state index in [4.69, 9.17) is 4.74 Å². The number of carbonyl (C=O) groups excluding carboxylic acids is 1. The number of rotatable bonds is 5. The number of amides is 1. The molecule has 3 aromatic carbocycles. The summed E-state index contributed by atoms with van der Waals surface area (Å²) in [7, 11) is -2.56. The summed E-state index contributed by atoms with van der Waals surface area (Å²) < 4.78 is 34.1. The van der Waals surface area contributed by atoms with Crippen molar-refractivity contribution in [2.75, 3.05) is 23.3 Å². The molecule has 4 rings (SSSR count). The number of fused-ring (bicyclic) bond motifs is 1. The van der Waals surface area contributed by atoms with E-state index >= 15 is 0 Å². The summed E-state index contributed by atoms with van der Waals surface area (Å²) in [6.07, 6.45) is 1.78. The summed E-state index contributed by atoms with van der Waals surface area (Å²) in [4.78, 5) is 15.0. The van der Waals surface area contributed by atoms with Gasteiger partial charge in [0.15, 0.2) is 0 Å². The zero-order chi connectivity index (χ0) is 22.9. The molecule has 32 heavy (non-hydrogen) atoms. The average Bonchev–Trinajstić information content (AvgIpc) is 2.79. The van der Waals surface area contributed by atoms with Crippen molar-refractivity contribution in [3.8, 4) is 5.75 Å². The van der Waals surface area contributed by atoms with Crippen LogP contribution >= 0.6 is 0 Å². The predicted octanol–water partition coefficient (Wildman–Crippen LogP) is 4.71. The fourth-order valence-electron chi connectivity index (χ4n) is 3.94. The molecule has 0 aromatic heterocycles. The number of sulfonamides is 1. The molecule has 166 valence electrons. The van der Waals surface area contributed by atoms with Crippen LogP contribution in [0, 0.1) is 13.8 Å². The Hall–Kier alpha value is -3.32. The second-order valence-corrected chi connectivity index (χ2v) is 9.68. The van der Waals surface area contributed by atoms with Crippen molar-refractivity contribution in [3.05, 3.63) is 82.9 Å². The van der Waals surface area contributed by atoms with E-state index in [0.29, 0.717) is 17.8 Å². The lowest BCUT2D eigenvalue weighted by molar-refractivity contribution is 0.0985. The van der Waals surface area contributed by atoms with Crippen LogP contribution in [0.5, 0.6) is 5.75 Å². The molecule has 1 heterocycles. The van der Waals surface area contributed by atoms with Crippen LogP contribution in [0.2, 0.25) is 0 Å². The third-order valence-corrected chi connectivity index (χ3v) is 7.01. The molecule has 0 bridgehead atoms. The number of hydrogen-bond acceptors (Lipinski definition) is 4. The van der Waals surface area contributed by atoms with Gasteiger partial charge in [0.05, 0.1) is 7.11 Å². The van der Waals surface area contributed by atoms with E-state index in [-0.39, 0.29) is 16.6 Å². The zero-order valence-electron chi connectivity index (χ0n) is 18.4. The molecule has 0 unspecified atom stereocenters. The molecule has 0 spiro atoms. The molecule has 0 fully saturated rings. The van der Waals surface area contributed by atoms with Gasteiger partial charge in [-0.25, -0.2) is 8.42 Å². The van der Waals surface area contributed by atoms with Gasteiger partial charge < -0.3 is 9.64 Å². The summed E-state index contributed by atoms with van der Waals surface area (Å²) in [5.74, 6) is -0.0555. The second-order valence-electron chi connectivity index (χ2n) is 8.03. The smallest absolute Gasteiger partial charge is 0.265 e. The number of nitrogens with zero attached hydrogens (tertiary/aromatic N) is 1. The molecule has 7 heteroatoms. The number of anilines is 2. The van der Waals surface area contributed by atoms with Gasteiger partial charge in [-0.3, -0.25) is 9.52 Å². The molecule has 1 N–H and O–H groups in total. The fraction of sp³-hybridized carbons (Fsp3) is 0.240. The summed E-state index contributed by atoms with van der Waals surface area (Å²) in [5, 5.41) is 0. The van der Waals surface area contributed by atoms with Gasteiger partial charge in [0.2, 0.25) is 0 Å². The molecule has 1 amide bonds. The number of ether oxygens (including phenoxy) is 1. The standard InChI is InChI=1S/C25H26N2O4S/c1-17-6-10-21(11-7-17)26-32(29,30)24-16-20(9-13-23(24)31-3)25(28)27-14-4-5-19-15-18(2)8-12-22(19)27/h6-13,15-16,26H,4-5,14H2,1-3H3. The largest absolute Gasteiger partial charge is 0.495 e. The molecular weight excluding hydrogens is 424 g/mol. The minimum absolute atomic E-state index is 0.0763. The van der Waals surface area contributed by atoms with Gasteiger partial charge in [0, 0.05) is 23.5 Å². The predicted molar refractivity (Wildman–Crippen MR) is 126 cm³/mol. The molecule has 3 aromatic rings. The molecule has 6 nitrogen and oxygen atoms in total. The van der Waals surface area contributed by atoms with E-state index in [2.05, 4.69) is 10.8 Å². The first-order chi connectivity index (χ1) is 15.3. The van der Waals surface area contributed by atoms with E-state index in [0.717, 1.165) is 35.2 Å². The lowest BCUT2D eigenvalue weighted by Crippen LogP contribution is -2.35. The van der Waals surface area contributed by atoms with Crippen LogP contribution in [0.15, 0.2) is 65.6 Å².